The summed E-state index contributed by atoms with van der Waals surface area (Å²) in [5.74, 6) is 0.963. The minimum absolute atomic E-state index is 0.0825. The lowest BCUT2D eigenvalue weighted by atomic mass is 10.0. The van der Waals surface area contributed by atoms with Crippen molar-refractivity contribution in [1.82, 2.24) is 5.32 Å². The topological polar surface area (TPSA) is 55.4 Å². The smallest absolute Gasteiger partial charge is 0.173 e. The number of nitrogens with one attached hydrogen (secondary N) is 1. The van der Waals surface area contributed by atoms with Crippen LogP contribution < -0.4 is 10.1 Å². The van der Waals surface area contributed by atoms with E-state index in [0.29, 0.717) is 0 Å². The fraction of sp³-hybridized carbons (Fsp3) is 0.429. The van der Waals surface area contributed by atoms with Crippen LogP contribution in [0.1, 0.15) is 24.9 Å². The second kappa shape index (κ2) is 5.75. The minimum Gasteiger partial charge on any atom is -0.496 e. The molecule has 0 fully saturated rings. The molecule has 1 aromatic rings. The lowest BCUT2D eigenvalue weighted by molar-refractivity contribution is 0.394. The average molecular weight is 281 g/mol. The van der Waals surface area contributed by atoms with Crippen LogP contribution >= 0.6 is 0 Å². The van der Waals surface area contributed by atoms with E-state index in [0.717, 1.165) is 17.7 Å². The van der Waals surface area contributed by atoms with Crippen LogP contribution in [0.3, 0.4) is 0 Å². The van der Waals surface area contributed by atoms with Crippen molar-refractivity contribution in [2.45, 2.75) is 25.4 Å². The molecule has 1 heterocycles. The number of benzene rings is 1. The van der Waals surface area contributed by atoms with E-state index in [2.05, 4.69) is 12.2 Å². The molecule has 0 amide bonds. The van der Waals surface area contributed by atoms with Crippen molar-refractivity contribution in [3.63, 3.8) is 0 Å². The van der Waals surface area contributed by atoms with Gasteiger partial charge in [-0.05, 0) is 12.5 Å². The average Bonchev–Trinajstić information content (AvgIpc) is 2.75. The second-order valence-corrected chi connectivity index (χ2v) is 6.57. The van der Waals surface area contributed by atoms with Gasteiger partial charge in [0, 0.05) is 23.1 Å². The van der Waals surface area contributed by atoms with Crippen LogP contribution in [0, 0.1) is 0 Å². The molecule has 1 aliphatic rings. The summed E-state index contributed by atoms with van der Waals surface area (Å²) in [6.45, 7) is 2.07. The second-order valence-electron chi connectivity index (χ2n) is 4.63. The normalized spacial score (nSPS) is 22.3. The van der Waals surface area contributed by atoms with E-state index in [4.69, 9.17) is 4.74 Å². The molecule has 4 nitrogen and oxygen atoms in total. The van der Waals surface area contributed by atoms with Crippen LogP contribution in [0.25, 0.3) is 0 Å². The van der Waals surface area contributed by atoms with Crippen LogP contribution in [-0.2, 0) is 9.84 Å². The summed E-state index contributed by atoms with van der Waals surface area (Å²) in [6, 6.07) is 7.77. The molecule has 0 saturated carbocycles. The van der Waals surface area contributed by atoms with Crippen molar-refractivity contribution in [2.75, 3.05) is 12.9 Å². The summed E-state index contributed by atoms with van der Waals surface area (Å²) in [7, 11) is -1.38. The van der Waals surface area contributed by atoms with E-state index in [1.165, 1.54) is 5.41 Å². The number of methoxy groups -OCH3 is 1. The van der Waals surface area contributed by atoms with Crippen molar-refractivity contribution in [2.24, 2.45) is 0 Å². The molecule has 19 heavy (non-hydrogen) atoms. The molecule has 0 aliphatic carbocycles. The van der Waals surface area contributed by atoms with Gasteiger partial charge in [0.1, 0.15) is 5.75 Å². The van der Waals surface area contributed by atoms with Crippen molar-refractivity contribution in [1.29, 1.82) is 0 Å². The molecule has 0 bridgehead atoms. The lowest BCUT2D eigenvalue weighted by Crippen LogP contribution is -2.33. The Labute approximate surface area is 114 Å². The monoisotopic (exact) mass is 281 g/mol. The Morgan fingerprint density at radius 3 is 2.74 bits per heavy atom. The van der Waals surface area contributed by atoms with Gasteiger partial charge in [0.25, 0.3) is 0 Å². The van der Waals surface area contributed by atoms with Gasteiger partial charge in [0.2, 0.25) is 0 Å². The molecule has 1 N–H and O–H groups in total. The molecule has 0 saturated heterocycles. The number of ether oxygens (including phenoxy) is 1. The largest absolute Gasteiger partial charge is 0.496 e. The van der Waals surface area contributed by atoms with Crippen LogP contribution in [0.15, 0.2) is 35.7 Å². The summed E-state index contributed by atoms with van der Waals surface area (Å²) in [6.07, 6.45) is 2.58. The molecule has 104 valence electrons. The van der Waals surface area contributed by atoms with E-state index >= 15 is 0 Å². The van der Waals surface area contributed by atoms with E-state index in [1.54, 1.807) is 13.2 Å². The Balaban J connectivity index is 2.15. The zero-order valence-corrected chi connectivity index (χ0v) is 12.0. The first kappa shape index (κ1) is 14.1. The number of rotatable bonds is 5. The highest BCUT2D eigenvalue weighted by Gasteiger charge is 2.24. The summed E-state index contributed by atoms with van der Waals surface area (Å²) >= 11 is 0. The molecule has 2 atom stereocenters. The predicted molar refractivity (Wildman–Crippen MR) is 75.9 cm³/mol. The third kappa shape index (κ3) is 3.36. The molecule has 2 unspecified atom stereocenters. The maximum Gasteiger partial charge on any atom is 0.173 e. The Hall–Kier alpha value is -1.33. The van der Waals surface area contributed by atoms with Gasteiger partial charge in [-0.2, -0.15) is 0 Å². The van der Waals surface area contributed by atoms with E-state index in [1.807, 2.05) is 24.3 Å². The third-order valence-corrected chi connectivity index (χ3v) is 4.66. The van der Waals surface area contributed by atoms with Gasteiger partial charge in [-0.3, -0.25) is 0 Å². The fourth-order valence-electron chi connectivity index (χ4n) is 2.32. The standard InChI is InChI=1S/C14H19NO3S/c1-3-13(12-6-4-5-7-14(12)18-2)15-11-8-9-19(16,17)10-11/h4-9,11,13,15H,3,10H2,1-2H3. The van der Waals surface area contributed by atoms with Crippen molar-refractivity contribution < 1.29 is 13.2 Å². The van der Waals surface area contributed by atoms with Crippen LogP contribution in [0.5, 0.6) is 5.75 Å². The lowest BCUT2D eigenvalue weighted by Gasteiger charge is -2.22. The highest BCUT2D eigenvalue weighted by atomic mass is 32.2. The van der Waals surface area contributed by atoms with Gasteiger partial charge in [0.15, 0.2) is 9.84 Å². The van der Waals surface area contributed by atoms with Crippen molar-refractivity contribution in [3.8, 4) is 5.75 Å². The Morgan fingerprint density at radius 2 is 2.16 bits per heavy atom. The van der Waals surface area contributed by atoms with Gasteiger partial charge in [-0.1, -0.05) is 31.2 Å². The summed E-state index contributed by atoms with van der Waals surface area (Å²) in [5.41, 5.74) is 1.06. The van der Waals surface area contributed by atoms with Gasteiger partial charge < -0.3 is 10.1 Å². The molecule has 0 radical (unpaired) electrons. The Kier molecular flexibility index (Phi) is 4.27. The van der Waals surface area contributed by atoms with Gasteiger partial charge >= 0.3 is 0 Å². The predicted octanol–water partition coefficient (Wildman–Crippen LogP) is 2.05. The molecule has 0 spiro atoms. The van der Waals surface area contributed by atoms with Gasteiger partial charge in [-0.25, -0.2) is 8.42 Å². The summed E-state index contributed by atoms with van der Waals surface area (Å²) in [4.78, 5) is 0. The maximum absolute atomic E-state index is 11.4. The van der Waals surface area contributed by atoms with E-state index in [9.17, 15) is 8.42 Å². The van der Waals surface area contributed by atoms with Crippen molar-refractivity contribution in [3.05, 3.63) is 41.3 Å². The van der Waals surface area contributed by atoms with E-state index < -0.39 is 9.84 Å². The van der Waals surface area contributed by atoms with Gasteiger partial charge in [-0.15, -0.1) is 0 Å². The SMILES string of the molecule is CCC(NC1C=CS(=O)(=O)C1)c1ccccc1OC. The molecular formula is C14H19NO3S. The third-order valence-electron chi connectivity index (χ3n) is 3.27. The van der Waals surface area contributed by atoms with Crippen LogP contribution in [0.4, 0.5) is 0 Å². The van der Waals surface area contributed by atoms with Crippen molar-refractivity contribution >= 4 is 9.84 Å². The first-order valence-corrected chi connectivity index (χ1v) is 8.07. The van der Waals surface area contributed by atoms with Crippen LogP contribution in [0.2, 0.25) is 0 Å². The Bertz CT molecular complexity index is 566. The maximum atomic E-state index is 11.4. The van der Waals surface area contributed by atoms with Crippen LogP contribution in [-0.4, -0.2) is 27.3 Å². The Morgan fingerprint density at radius 1 is 1.42 bits per heavy atom. The first-order valence-electron chi connectivity index (χ1n) is 6.35. The summed E-state index contributed by atoms with van der Waals surface area (Å²) < 4.78 is 28.2. The molecule has 1 aliphatic heterocycles. The molecule has 5 heteroatoms. The fourth-order valence-corrected chi connectivity index (χ4v) is 3.57. The molecule has 0 aromatic heterocycles. The number of hydrogen-bond acceptors (Lipinski definition) is 4. The zero-order chi connectivity index (χ0) is 13.9. The highest BCUT2D eigenvalue weighted by molar-refractivity contribution is 7.94. The number of sulfone groups is 1. The zero-order valence-electron chi connectivity index (χ0n) is 11.2. The van der Waals surface area contributed by atoms with Gasteiger partial charge in [0.05, 0.1) is 12.9 Å². The summed E-state index contributed by atoms with van der Waals surface area (Å²) in [5, 5.41) is 4.66. The molecular weight excluding hydrogens is 262 g/mol. The highest BCUT2D eigenvalue weighted by Crippen LogP contribution is 2.27. The molecule has 2 rings (SSSR count). The quantitative estimate of drug-likeness (QED) is 0.897. The first-order chi connectivity index (χ1) is 9.05. The molecule has 1 aromatic carbocycles. The number of para-hydroxylation sites is 1. The minimum atomic E-state index is -3.02. The number of hydrogen-bond donors (Lipinski definition) is 1. The van der Waals surface area contributed by atoms with E-state index in [-0.39, 0.29) is 17.8 Å².